The van der Waals surface area contributed by atoms with Crippen molar-refractivity contribution in [3.8, 4) is 0 Å². The van der Waals surface area contributed by atoms with E-state index in [1.165, 1.54) is 0 Å². The van der Waals surface area contributed by atoms with Crippen LogP contribution < -0.4 is 5.32 Å². The second-order valence-electron chi connectivity index (χ2n) is 6.67. The van der Waals surface area contributed by atoms with Crippen molar-refractivity contribution in [2.45, 2.75) is 44.3 Å². The average Bonchev–Trinajstić information content (AvgIpc) is 2.95. The van der Waals surface area contributed by atoms with Crippen LogP contribution in [0, 0.1) is 0 Å². The summed E-state index contributed by atoms with van der Waals surface area (Å²) in [6.45, 7) is 4.64. The Bertz CT molecular complexity index is 734. The van der Waals surface area contributed by atoms with E-state index in [0.717, 1.165) is 11.1 Å². The smallest absolute Gasteiger partial charge is 0.243 e. The van der Waals surface area contributed by atoms with E-state index in [2.05, 4.69) is 36.5 Å². The SMILES string of the molecule is CC1OC2(c3ccccc3)NC1C(=O)N(Cc1ccccc1)C2C. The Morgan fingerprint density at radius 1 is 1.04 bits per heavy atom. The van der Waals surface area contributed by atoms with E-state index in [9.17, 15) is 4.79 Å². The minimum atomic E-state index is -0.645. The molecule has 0 saturated carbocycles. The molecule has 4 nitrogen and oxygen atoms in total. The van der Waals surface area contributed by atoms with Gasteiger partial charge in [0.2, 0.25) is 5.91 Å². The summed E-state index contributed by atoms with van der Waals surface area (Å²) in [6, 6.07) is 19.9. The predicted octanol–water partition coefficient (Wildman–Crippen LogP) is 2.65. The van der Waals surface area contributed by atoms with Crippen LogP contribution in [0.1, 0.15) is 25.0 Å². The molecule has 1 N–H and O–H groups in total. The van der Waals surface area contributed by atoms with Gasteiger partial charge in [-0.05, 0) is 19.4 Å². The first-order chi connectivity index (χ1) is 11.6. The monoisotopic (exact) mass is 322 g/mol. The number of fused-ring (bicyclic) bond motifs is 2. The lowest BCUT2D eigenvalue weighted by molar-refractivity contribution is -0.149. The van der Waals surface area contributed by atoms with Gasteiger partial charge in [-0.15, -0.1) is 0 Å². The molecule has 0 radical (unpaired) electrons. The summed E-state index contributed by atoms with van der Waals surface area (Å²) in [5, 5.41) is 3.47. The lowest BCUT2D eigenvalue weighted by atomic mass is 9.91. The number of nitrogens with one attached hydrogen (secondary N) is 1. The van der Waals surface area contributed by atoms with E-state index in [1.807, 2.05) is 48.2 Å². The fraction of sp³-hybridized carbons (Fsp3) is 0.350. The molecule has 4 atom stereocenters. The molecule has 2 saturated heterocycles. The number of hydrogen-bond acceptors (Lipinski definition) is 3. The standard InChI is InChI=1S/C20H22N2O2/c1-14-18-19(23)22(13-16-9-5-3-6-10-16)15(2)20(21-18,24-14)17-11-7-4-8-12-17/h3-12,14-15,18,21H,13H2,1-2H3. The summed E-state index contributed by atoms with van der Waals surface area (Å²) >= 11 is 0. The second kappa shape index (κ2) is 5.72. The quantitative estimate of drug-likeness (QED) is 0.944. The molecule has 2 aliphatic rings. The molecule has 24 heavy (non-hydrogen) atoms. The molecule has 2 aliphatic heterocycles. The van der Waals surface area contributed by atoms with Crippen LogP contribution in [0.25, 0.3) is 0 Å². The number of piperazine rings is 1. The molecule has 4 unspecified atom stereocenters. The fourth-order valence-electron chi connectivity index (χ4n) is 3.89. The number of ether oxygens (including phenoxy) is 1. The molecule has 2 aromatic rings. The zero-order chi connectivity index (χ0) is 16.7. The van der Waals surface area contributed by atoms with Crippen LogP contribution in [0.5, 0.6) is 0 Å². The van der Waals surface area contributed by atoms with Crippen molar-refractivity contribution >= 4 is 5.91 Å². The van der Waals surface area contributed by atoms with E-state index in [4.69, 9.17) is 4.74 Å². The van der Waals surface area contributed by atoms with Gasteiger partial charge in [0.25, 0.3) is 0 Å². The van der Waals surface area contributed by atoms with E-state index in [-0.39, 0.29) is 24.1 Å². The average molecular weight is 322 g/mol. The first kappa shape index (κ1) is 15.4. The maximum atomic E-state index is 13.0. The maximum absolute atomic E-state index is 13.0. The Morgan fingerprint density at radius 2 is 1.67 bits per heavy atom. The van der Waals surface area contributed by atoms with Crippen LogP contribution in [-0.4, -0.2) is 29.0 Å². The number of benzene rings is 2. The largest absolute Gasteiger partial charge is 0.349 e. The van der Waals surface area contributed by atoms with Crippen LogP contribution in [0.3, 0.4) is 0 Å². The third-order valence-electron chi connectivity index (χ3n) is 5.21. The van der Waals surface area contributed by atoms with Crippen molar-refractivity contribution in [3.05, 3.63) is 71.8 Å². The van der Waals surface area contributed by atoms with Crippen molar-refractivity contribution in [2.75, 3.05) is 0 Å². The summed E-state index contributed by atoms with van der Waals surface area (Å²) in [6.07, 6.45) is -0.152. The minimum Gasteiger partial charge on any atom is -0.349 e. The Kier molecular flexibility index (Phi) is 3.66. The first-order valence-corrected chi connectivity index (χ1v) is 8.47. The zero-order valence-electron chi connectivity index (χ0n) is 14.0. The Hall–Kier alpha value is -2.17. The molecule has 4 rings (SSSR count). The van der Waals surface area contributed by atoms with Gasteiger partial charge in [0.15, 0.2) is 5.72 Å². The highest BCUT2D eigenvalue weighted by molar-refractivity contribution is 5.85. The molecule has 1 amide bonds. The van der Waals surface area contributed by atoms with Crippen molar-refractivity contribution < 1.29 is 9.53 Å². The highest BCUT2D eigenvalue weighted by Crippen LogP contribution is 2.41. The van der Waals surface area contributed by atoms with Crippen molar-refractivity contribution in [1.29, 1.82) is 0 Å². The Balaban J connectivity index is 1.73. The lowest BCUT2D eigenvalue weighted by Crippen LogP contribution is -2.65. The highest BCUT2D eigenvalue weighted by atomic mass is 16.5. The molecule has 4 heteroatoms. The van der Waals surface area contributed by atoms with Gasteiger partial charge >= 0.3 is 0 Å². The molecule has 2 aromatic carbocycles. The number of amides is 1. The molecule has 0 aromatic heterocycles. The number of hydrogen-bond donors (Lipinski definition) is 1. The van der Waals surface area contributed by atoms with Crippen LogP contribution in [0.4, 0.5) is 0 Å². The predicted molar refractivity (Wildman–Crippen MR) is 92.0 cm³/mol. The molecule has 2 heterocycles. The topological polar surface area (TPSA) is 41.6 Å². The molecular formula is C20H22N2O2. The van der Waals surface area contributed by atoms with E-state index < -0.39 is 5.72 Å². The number of carbonyl (C=O) groups excluding carboxylic acids is 1. The summed E-state index contributed by atoms with van der Waals surface area (Å²) in [5.74, 6) is 0.114. The van der Waals surface area contributed by atoms with E-state index in [0.29, 0.717) is 6.54 Å². The van der Waals surface area contributed by atoms with Crippen molar-refractivity contribution in [2.24, 2.45) is 0 Å². The van der Waals surface area contributed by atoms with Gasteiger partial charge in [0, 0.05) is 12.1 Å². The number of nitrogens with zero attached hydrogens (tertiary/aromatic N) is 1. The molecule has 2 bridgehead atoms. The van der Waals surface area contributed by atoms with Crippen LogP contribution in [0.2, 0.25) is 0 Å². The number of carbonyl (C=O) groups is 1. The summed E-state index contributed by atoms with van der Waals surface area (Å²) < 4.78 is 6.34. The molecule has 2 fully saturated rings. The Morgan fingerprint density at radius 3 is 2.33 bits per heavy atom. The van der Waals surface area contributed by atoms with Crippen LogP contribution in [-0.2, 0) is 21.8 Å². The van der Waals surface area contributed by atoms with Gasteiger partial charge in [0.1, 0.15) is 6.04 Å². The third kappa shape index (κ3) is 2.26. The highest BCUT2D eigenvalue weighted by Gasteiger charge is 2.58. The van der Waals surface area contributed by atoms with E-state index >= 15 is 0 Å². The normalized spacial score (nSPS) is 32.2. The van der Waals surface area contributed by atoms with Gasteiger partial charge in [-0.2, -0.15) is 0 Å². The molecular weight excluding hydrogens is 300 g/mol. The van der Waals surface area contributed by atoms with Crippen LogP contribution in [0.15, 0.2) is 60.7 Å². The molecule has 124 valence electrons. The summed E-state index contributed by atoms with van der Waals surface area (Å²) in [5.41, 5.74) is 1.56. The maximum Gasteiger partial charge on any atom is 0.243 e. The fourth-order valence-corrected chi connectivity index (χ4v) is 3.89. The number of rotatable bonds is 3. The van der Waals surface area contributed by atoms with Gasteiger partial charge in [-0.3, -0.25) is 10.1 Å². The van der Waals surface area contributed by atoms with E-state index in [1.54, 1.807) is 0 Å². The third-order valence-corrected chi connectivity index (χ3v) is 5.21. The van der Waals surface area contributed by atoms with Gasteiger partial charge in [-0.25, -0.2) is 0 Å². The Labute approximate surface area is 142 Å². The second-order valence-corrected chi connectivity index (χ2v) is 6.67. The minimum absolute atomic E-state index is 0.103. The molecule has 0 spiro atoms. The van der Waals surface area contributed by atoms with Crippen LogP contribution >= 0.6 is 0 Å². The van der Waals surface area contributed by atoms with Crippen molar-refractivity contribution in [3.63, 3.8) is 0 Å². The van der Waals surface area contributed by atoms with Gasteiger partial charge in [0.05, 0.1) is 12.1 Å². The van der Waals surface area contributed by atoms with Crippen molar-refractivity contribution in [1.82, 2.24) is 10.2 Å². The van der Waals surface area contributed by atoms with Gasteiger partial charge < -0.3 is 9.64 Å². The summed E-state index contributed by atoms with van der Waals surface area (Å²) in [7, 11) is 0. The summed E-state index contributed by atoms with van der Waals surface area (Å²) in [4.78, 5) is 14.9. The lowest BCUT2D eigenvalue weighted by Gasteiger charge is -2.45. The first-order valence-electron chi connectivity index (χ1n) is 8.47. The zero-order valence-corrected chi connectivity index (χ0v) is 14.0. The van der Waals surface area contributed by atoms with Gasteiger partial charge in [-0.1, -0.05) is 60.7 Å². The molecule has 0 aliphatic carbocycles.